The van der Waals surface area contributed by atoms with Crippen molar-refractivity contribution in [1.82, 2.24) is 0 Å². The van der Waals surface area contributed by atoms with Gasteiger partial charge in [0.1, 0.15) is 0 Å². The van der Waals surface area contributed by atoms with Crippen LogP contribution in [0.3, 0.4) is 0 Å². The quantitative estimate of drug-likeness (QED) is 0.867. The van der Waals surface area contributed by atoms with Crippen LogP contribution in [-0.4, -0.2) is 12.5 Å². The van der Waals surface area contributed by atoms with Gasteiger partial charge in [-0.05, 0) is 18.6 Å². The molecule has 0 atom stereocenters. The van der Waals surface area contributed by atoms with Gasteiger partial charge >= 0.3 is 6.61 Å². The topological polar surface area (TPSA) is 38.3 Å². The number of carbonyl (C=O) groups excluding carboxylic acids is 1. The van der Waals surface area contributed by atoms with Gasteiger partial charge in [-0.15, -0.1) is 0 Å². The third-order valence-electron chi connectivity index (χ3n) is 1.91. The maximum Gasteiger partial charge on any atom is 0.387 e. The Labute approximate surface area is 96.6 Å². The predicted octanol–water partition coefficient (Wildman–Crippen LogP) is 3.17. The third kappa shape index (κ3) is 4.34. The zero-order valence-electron chi connectivity index (χ0n) is 9.17. The molecule has 1 aromatic carbocycles. The van der Waals surface area contributed by atoms with Gasteiger partial charge in [-0.3, -0.25) is 4.79 Å². The number of anilines is 1. The lowest BCUT2D eigenvalue weighted by Crippen LogP contribution is -2.11. The van der Waals surface area contributed by atoms with E-state index in [0.717, 1.165) is 12.1 Å². The summed E-state index contributed by atoms with van der Waals surface area (Å²) in [6.45, 7) is -1.25. The molecular formula is C11H12F3NO2. The van der Waals surface area contributed by atoms with E-state index in [-0.39, 0.29) is 11.6 Å². The maximum absolute atomic E-state index is 13.2. The third-order valence-corrected chi connectivity index (χ3v) is 1.91. The molecule has 0 radical (unpaired) electrons. The number of amides is 1. The zero-order chi connectivity index (χ0) is 12.8. The molecule has 0 fully saturated rings. The minimum Gasteiger partial charge on any atom is -0.432 e. The Morgan fingerprint density at radius 2 is 2.18 bits per heavy atom. The Balaban J connectivity index is 2.71. The van der Waals surface area contributed by atoms with E-state index in [1.165, 1.54) is 6.07 Å². The van der Waals surface area contributed by atoms with Crippen molar-refractivity contribution in [2.24, 2.45) is 0 Å². The first kappa shape index (κ1) is 13.3. The van der Waals surface area contributed by atoms with Crippen LogP contribution < -0.4 is 10.1 Å². The van der Waals surface area contributed by atoms with E-state index in [1.54, 1.807) is 0 Å². The molecule has 1 rings (SSSR count). The molecule has 1 N–H and O–H groups in total. The van der Waals surface area contributed by atoms with Crippen molar-refractivity contribution < 1.29 is 22.7 Å². The van der Waals surface area contributed by atoms with Crippen LogP contribution in [-0.2, 0) is 4.79 Å². The van der Waals surface area contributed by atoms with Crippen molar-refractivity contribution in [3.05, 3.63) is 24.0 Å². The second-order valence-electron chi connectivity index (χ2n) is 3.32. The molecule has 0 aliphatic rings. The van der Waals surface area contributed by atoms with Gasteiger partial charge in [0.2, 0.25) is 5.91 Å². The van der Waals surface area contributed by atoms with Crippen LogP contribution in [0, 0.1) is 5.82 Å². The largest absolute Gasteiger partial charge is 0.432 e. The Kier molecular flexibility index (Phi) is 4.81. The van der Waals surface area contributed by atoms with Crippen LogP contribution in [0.1, 0.15) is 19.8 Å². The molecule has 0 aromatic heterocycles. The smallest absolute Gasteiger partial charge is 0.387 e. The Hall–Kier alpha value is -1.72. The van der Waals surface area contributed by atoms with Gasteiger partial charge in [0, 0.05) is 18.2 Å². The molecule has 0 unspecified atom stereocenters. The number of halogens is 3. The average Bonchev–Trinajstić information content (AvgIpc) is 2.22. The predicted molar refractivity (Wildman–Crippen MR) is 56.6 cm³/mol. The number of alkyl halides is 2. The molecule has 0 saturated heterocycles. The van der Waals surface area contributed by atoms with Crippen LogP contribution in [0.4, 0.5) is 18.9 Å². The van der Waals surface area contributed by atoms with Crippen molar-refractivity contribution in [1.29, 1.82) is 0 Å². The minimum atomic E-state index is -3.08. The van der Waals surface area contributed by atoms with E-state index in [1.807, 2.05) is 6.92 Å². The number of benzene rings is 1. The summed E-state index contributed by atoms with van der Waals surface area (Å²) in [5, 5.41) is 2.44. The normalized spacial score (nSPS) is 10.4. The van der Waals surface area contributed by atoms with Gasteiger partial charge in [0.05, 0.1) is 0 Å². The first-order valence-corrected chi connectivity index (χ1v) is 5.07. The highest BCUT2D eigenvalue weighted by molar-refractivity contribution is 5.90. The highest BCUT2D eigenvalue weighted by Crippen LogP contribution is 2.22. The van der Waals surface area contributed by atoms with E-state index in [9.17, 15) is 18.0 Å². The first-order valence-electron chi connectivity index (χ1n) is 5.07. The number of hydrogen-bond acceptors (Lipinski definition) is 2. The number of hydrogen-bond donors (Lipinski definition) is 1. The summed E-state index contributed by atoms with van der Waals surface area (Å²) in [7, 11) is 0. The summed E-state index contributed by atoms with van der Waals surface area (Å²) in [4.78, 5) is 11.2. The summed E-state index contributed by atoms with van der Waals surface area (Å²) >= 11 is 0. The van der Waals surface area contributed by atoms with Crippen LogP contribution in [0.25, 0.3) is 0 Å². The Bertz CT molecular complexity index is 396. The van der Waals surface area contributed by atoms with Crippen LogP contribution in [0.2, 0.25) is 0 Å². The molecule has 0 bridgehead atoms. The molecule has 1 amide bonds. The van der Waals surface area contributed by atoms with Crippen LogP contribution in [0.5, 0.6) is 5.75 Å². The van der Waals surface area contributed by atoms with Gasteiger partial charge in [0.25, 0.3) is 0 Å². The highest BCUT2D eigenvalue weighted by Gasteiger charge is 2.11. The maximum atomic E-state index is 13.2. The molecule has 17 heavy (non-hydrogen) atoms. The van der Waals surface area contributed by atoms with Gasteiger partial charge < -0.3 is 10.1 Å². The molecule has 6 heteroatoms. The second kappa shape index (κ2) is 6.12. The number of nitrogens with one attached hydrogen (secondary N) is 1. The molecule has 3 nitrogen and oxygen atoms in total. The molecule has 0 aliphatic heterocycles. The van der Waals surface area contributed by atoms with Crippen LogP contribution >= 0.6 is 0 Å². The van der Waals surface area contributed by atoms with Gasteiger partial charge in [0.15, 0.2) is 11.6 Å². The molecule has 0 spiro atoms. The molecule has 94 valence electrons. The molecule has 0 aliphatic carbocycles. The Morgan fingerprint density at radius 1 is 1.47 bits per heavy atom. The molecule has 0 saturated carbocycles. The first-order chi connectivity index (χ1) is 8.02. The SMILES string of the molecule is CCCC(=O)Nc1ccc(OC(F)F)c(F)c1. The van der Waals surface area contributed by atoms with Gasteiger partial charge in [-0.1, -0.05) is 6.92 Å². The lowest BCUT2D eigenvalue weighted by molar-refractivity contribution is -0.116. The van der Waals surface area contributed by atoms with Gasteiger partial charge in [-0.25, -0.2) is 4.39 Å². The summed E-state index contributed by atoms with van der Waals surface area (Å²) in [5.41, 5.74) is 0.211. The average molecular weight is 247 g/mol. The van der Waals surface area contributed by atoms with Crippen molar-refractivity contribution in [2.75, 3.05) is 5.32 Å². The lowest BCUT2D eigenvalue weighted by atomic mass is 10.2. The van der Waals surface area contributed by atoms with Crippen molar-refractivity contribution >= 4 is 11.6 Å². The molecular weight excluding hydrogens is 235 g/mol. The fraction of sp³-hybridized carbons (Fsp3) is 0.364. The van der Waals surface area contributed by atoms with Crippen molar-refractivity contribution in [2.45, 2.75) is 26.4 Å². The zero-order valence-corrected chi connectivity index (χ0v) is 9.17. The fourth-order valence-corrected chi connectivity index (χ4v) is 1.22. The highest BCUT2D eigenvalue weighted by atomic mass is 19.3. The van der Waals surface area contributed by atoms with Crippen molar-refractivity contribution in [3.63, 3.8) is 0 Å². The monoisotopic (exact) mass is 247 g/mol. The summed E-state index contributed by atoms with van der Waals surface area (Å²) < 4.78 is 40.9. The number of ether oxygens (including phenoxy) is 1. The van der Waals surface area contributed by atoms with E-state index < -0.39 is 18.2 Å². The Morgan fingerprint density at radius 3 is 2.71 bits per heavy atom. The number of rotatable bonds is 5. The van der Waals surface area contributed by atoms with Crippen molar-refractivity contribution in [3.8, 4) is 5.75 Å². The lowest BCUT2D eigenvalue weighted by Gasteiger charge is -2.08. The summed E-state index contributed by atoms with van der Waals surface area (Å²) in [6, 6.07) is 3.28. The van der Waals surface area contributed by atoms with E-state index in [2.05, 4.69) is 10.1 Å². The summed E-state index contributed by atoms with van der Waals surface area (Å²) in [6.07, 6.45) is 0.984. The van der Waals surface area contributed by atoms with Gasteiger partial charge in [-0.2, -0.15) is 8.78 Å². The second-order valence-corrected chi connectivity index (χ2v) is 3.32. The molecule has 1 aromatic rings. The van der Waals surface area contributed by atoms with E-state index >= 15 is 0 Å². The fourth-order valence-electron chi connectivity index (χ4n) is 1.22. The summed E-state index contributed by atoms with van der Waals surface area (Å²) in [5.74, 6) is -1.75. The van der Waals surface area contributed by atoms with E-state index in [0.29, 0.717) is 12.8 Å². The minimum absolute atomic E-state index is 0.211. The van der Waals surface area contributed by atoms with Crippen LogP contribution in [0.15, 0.2) is 18.2 Å². The molecule has 0 heterocycles. The standard InChI is InChI=1S/C11H12F3NO2/c1-2-3-10(16)15-7-4-5-9(8(12)6-7)17-11(13)14/h4-6,11H,2-3H2,1H3,(H,15,16). The number of carbonyl (C=O) groups is 1. The van der Waals surface area contributed by atoms with E-state index in [4.69, 9.17) is 0 Å².